The third-order valence-corrected chi connectivity index (χ3v) is 7.18. The lowest BCUT2D eigenvalue weighted by atomic mass is 9.78. The summed E-state index contributed by atoms with van der Waals surface area (Å²) in [6, 6.07) is 21.9. The fourth-order valence-corrected chi connectivity index (χ4v) is 5.35. The smallest absolute Gasteiger partial charge is 0.201 e. The number of carbonyl (C=O) groups excluding carboxylic acids is 1. The predicted octanol–water partition coefficient (Wildman–Crippen LogP) is 6.42. The Hall–Kier alpha value is -4.25. The number of benzene rings is 3. The van der Waals surface area contributed by atoms with Crippen molar-refractivity contribution in [2.24, 2.45) is 4.99 Å². The number of Topliss-reactive ketones (excluding diaryl/α,β-unsaturated/α-hetero) is 1. The summed E-state index contributed by atoms with van der Waals surface area (Å²) in [5.74, 6) is -0.777. The number of allylic oxidation sites excluding steroid dienone is 5. The maximum atomic E-state index is 14.2. The maximum Gasteiger partial charge on any atom is 0.201 e. The maximum absolute atomic E-state index is 14.2. The van der Waals surface area contributed by atoms with Crippen LogP contribution in [-0.2, 0) is 10.2 Å². The second-order valence-electron chi connectivity index (χ2n) is 9.56. The number of halogens is 1. The van der Waals surface area contributed by atoms with Crippen LogP contribution in [0.5, 0.6) is 0 Å². The Balaban J connectivity index is 1.52. The van der Waals surface area contributed by atoms with Crippen molar-refractivity contribution in [3.8, 4) is 0 Å². The number of hydrogen-bond acceptors (Lipinski definition) is 4. The zero-order valence-corrected chi connectivity index (χ0v) is 19.6. The first-order valence-corrected chi connectivity index (χ1v) is 11.5. The summed E-state index contributed by atoms with van der Waals surface area (Å²) in [6.07, 6.45) is 1.78. The van der Waals surface area contributed by atoms with Gasteiger partial charge in [-0.3, -0.25) is 4.79 Å². The van der Waals surface area contributed by atoms with E-state index >= 15 is 0 Å². The van der Waals surface area contributed by atoms with Gasteiger partial charge in [0.2, 0.25) is 5.78 Å². The van der Waals surface area contributed by atoms with Crippen LogP contribution >= 0.6 is 0 Å². The largest absolute Gasteiger partial charge is 0.506 e. The van der Waals surface area contributed by atoms with Crippen LogP contribution < -0.4 is 4.90 Å². The minimum absolute atomic E-state index is 0.0848. The molecule has 5 heteroatoms. The molecule has 4 nitrogen and oxygen atoms in total. The van der Waals surface area contributed by atoms with Crippen LogP contribution in [0.4, 0.5) is 15.8 Å². The first-order chi connectivity index (χ1) is 16.8. The molecular formula is C30H23FN2O2. The van der Waals surface area contributed by atoms with E-state index in [-0.39, 0.29) is 28.1 Å². The molecule has 0 amide bonds. The van der Waals surface area contributed by atoms with Crippen LogP contribution in [0.25, 0.3) is 5.57 Å². The van der Waals surface area contributed by atoms with Crippen molar-refractivity contribution in [3.63, 3.8) is 0 Å². The number of hydrogen-bond donors (Lipinski definition) is 1. The molecule has 0 fully saturated rings. The Labute approximate surface area is 203 Å². The van der Waals surface area contributed by atoms with Crippen LogP contribution in [0.1, 0.15) is 30.5 Å². The van der Waals surface area contributed by atoms with E-state index in [0.717, 1.165) is 22.5 Å². The van der Waals surface area contributed by atoms with Gasteiger partial charge in [-0.15, -0.1) is 0 Å². The Bertz CT molecular complexity index is 1560. The van der Waals surface area contributed by atoms with E-state index in [1.54, 1.807) is 12.1 Å². The number of fused-ring (bicyclic) bond motifs is 2. The van der Waals surface area contributed by atoms with Crippen molar-refractivity contribution in [1.82, 2.24) is 0 Å². The van der Waals surface area contributed by atoms with Gasteiger partial charge in [-0.05, 0) is 35.9 Å². The van der Waals surface area contributed by atoms with Crippen LogP contribution in [0.2, 0.25) is 0 Å². The number of carbonyl (C=O) groups is 1. The standard InChI is InChI=1S/C30H23FN2O2/c1-30(2)21-11-7-8-12-23(21)33(3)24(30)16-20-28(34)26(29(20)35)25-19-15-18(31)13-14-22(19)32-27(25)17-9-5-4-6-10-17/h4-16,34H,1-3H3/b24-16-,26-25-. The lowest BCUT2D eigenvalue weighted by molar-refractivity contribution is -0.113. The summed E-state index contributed by atoms with van der Waals surface area (Å²) in [4.78, 5) is 20.3. The number of anilines is 1. The molecule has 1 N–H and O–H groups in total. The average molecular weight is 463 g/mol. The van der Waals surface area contributed by atoms with Gasteiger partial charge in [0.05, 0.1) is 22.5 Å². The summed E-state index contributed by atoms with van der Waals surface area (Å²) >= 11 is 0. The number of aliphatic hydroxyl groups is 1. The summed E-state index contributed by atoms with van der Waals surface area (Å²) in [5, 5.41) is 11.2. The highest BCUT2D eigenvalue weighted by Gasteiger charge is 2.43. The monoisotopic (exact) mass is 462 g/mol. The molecule has 0 radical (unpaired) electrons. The highest BCUT2D eigenvalue weighted by Crippen LogP contribution is 2.49. The number of likely N-dealkylation sites (N-methyl/N-ethyl adjacent to an activating group) is 1. The van der Waals surface area contributed by atoms with Gasteiger partial charge >= 0.3 is 0 Å². The molecule has 0 saturated heterocycles. The molecule has 0 saturated carbocycles. The van der Waals surface area contributed by atoms with Gasteiger partial charge < -0.3 is 10.0 Å². The van der Waals surface area contributed by atoms with Gasteiger partial charge in [-0.2, -0.15) is 0 Å². The summed E-state index contributed by atoms with van der Waals surface area (Å²) < 4.78 is 14.2. The lowest BCUT2D eigenvalue weighted by Crippen LogP contribution is -2.28. The van der Waals surface area contributed by atoms with Gasteiger partial charge in [-0.25, -0.2) is 9.38 Å². The van der Waals surface area contributed by atoms with Crippen molar-refractivity contribution in [3.05, 3.63) is 124 Å². The molecule has 3 aromatic rings. The molecule has 6 rings (SSSR count). The summed E-state index contributed by atoms with van der Waals surface area (Å²) in [7, 11) is 1.97. The minimum atomic E-state index is -0.420. The Morgan fingerprint density at radius 2 is 1.69 bits per heavy atom. The van der Waals surface area contributed by atoms with Gasteiger partial charge in [-0.1, -0.05) is 62.4 Å². The topological polar surface area (TPSA) is 52.9 Å². The van der Waals surface area contributed by atoms with Gasteiger partial charge in [0.25, 0.3) is 0 Å². The van der Waals surface area contributed by atoms with E-state index in [4.69, 9.17) is 0 Å². The van der Waals surface area contributed by atoms with Crippen molar-refractivity contribution < 1.29 is 14.3 Å². The lowest BCUT2D eigenvalue weighted by Gasteiger charge is -2.28. The molecule has 3 aromatic carbocycles. The molecule has 0 bridgehead atoms. The minimum Gasteiger partial charge on any atom is -0.506 e. The second kappa shape index (κ2) is 7.37. The second-order valence-corrected chi connectivity index (χ2v) is 9.56. The number of aliphatic imine (C=N–C) groups is 1. The fourth-order valence-electron chi connectivity index (χ4n) is 5.35. The van der Waals surface area contributed by atoms with Gasteiger partial charge in [0.1, 0.15) is 11.6 Å². The van der Waals surface area contributed by atoms with Crippen molar-refractivity contribution >= 4 is 28.4 Å². The highest BCUT2D eigenvalue weighted by atomic mass is 19.1. The molecule has 2 aliphatic heterocycles. The van der Waals surface area contributed by atoms with E-state index in [9.17, 15) is 14.3 Å². The number of aliphatic hydroxyl groups excluding tert-OH is 1. The molecular weight excluding hydrogens is 439 g/mol. The zero-order valence-electron chi connectivity index (χ0n) is 19.6. The molecule has 2 heterocycles. The third kappa shape index (κ3) is 2.98. The van der Waals surface area contributed by atoms with E-state index in [1.807, 2.05) is 49.5 Å². The van der Waals surface area contributed by atoms with Crippen LogP contribution in [0.15, 0.2) is 106 Å². The van der Waals surface area contributed by atoms with Crippen molar-refractivity contribution in [2.45, 2.75) is 19.3 Å². The Kier molecular flexibility index (Phi) is 4.49. The summed E-state index contributed by atoms with van der Waals surface area (Å²) in [6.45, 7) is 4.22. The average Bonchev–Trinajstić information content (AvgIpc) is 3.31. The van der Waals surface area contributed by atoms with E-state index in [1.165, 1.54) is 12.1 Å². The SMILES string of the molecule is CN1/C(=C\C2=C(O)C(=C3/C(c4ccccc4)=Nc4ccc(F)cc43)/C2=O)C(C)(C)c2ccccc21. The number of rotatable bonds is 2. The molecule has 0 spiro atoms. The van der Waals surface area contributed by atoms with E-state index < -0.39 is 5.82 Å². The van der Waals surface area contributed by atoms with Gasteiger partial charge in [0, 0.05) is 40.5 Å². The molecule has 0 atom stereocenters. The van der Waals surface area contributed by atoms with Crippen LogP contribution in [-0.4, -0.2) is 23.6 Å². The number of ketones is 1. The zero-order chi connectivity index (χ0) is 24.5. The molecule has 172 valence electrons. The predicted molar refractivity (Wildman–Crippen MR) is 137 cm³/mol. The first kappa shape index (κ1) is 21.3. The van der Waals surface area contributed by atoms with Gasteiger partial charge in [0.15, 0.2) is 0 Å². The normalized spacial score (nSPS) is 21.3. The molecule has 3 aliphatic rings. The number of nitrogens with zero attached hydrogens (tertiary/aromatic N) is 2. The van der Waals surface area contributed by atoms with Crippen molar-refractivity contribution in [2.75, 3.05) is 11.9 Å². The first-order valence-electron chi connectivity index (χ1n) is 11.5. The van der Waals surface area contributed by atoms with Crippen molar-refractivity contribution in [1.29, 1.82) is 0 Å². The molecule has 1 aliphatic carbocycles. The molecule has 0 aromatic heterocycles. The fraction of sp³-hybridized carbons (Fsp3) is 0.133. The van der Waals surface area contributed by atoms with Crippen LogP contribution in [0.3, 0.4) is 0 Å². The van der Waals surface area contributed by atoms with E-state index in [2.05, 4.69) is 35.9 Å². The number of para-hydroxylation sites is 1. The Morgan fingerprint density at radius 3 is 2.40 bits per heavy atom. The molecule has 0 unspecified atom stereocenters. The van der Waals surface area contributed by atoms with E-state index in [0.29, 0.717) is 22.5 Å². The Morgan fingerprint density at radius 1 is 0.971 bits per heavy atom. The summed E-state index contributed by atoms with van der Waals surface area (Å²) in [5.41, 5.74) is 6.18. The van der Waals surface area contributed by atoms with Crippen LogP contribution in [0, 0.1) is 5.82 Å². The highest BCUT2D eigenvalue weighted by molar-refractivity contribution is 6.43. The quantitative estimate of drug-likeness (QED) is 0.447. The molecule has 35 heavy (non-hydrogen) atoms. The third-order valence-electron chi connectivity index (χ3n) is 7.18.